The van der Waals surface area contributed by atoms with Gasteiger partial charge in [0, 0.05) is 39.1 Å². The van der Waals surface area contributed by atoms with Crippen LogP contribution < -0.4 is 0 Å². The van der Waals surface area contributed by atoms with Gasteiger partial charge in [0.05, 0.1) is 6.04 Å². The number of carboxylic acids is 1. The maximum absolute atomic E-state index is 10.3. The van der Waals surface area contributed by atoms with Gasteiger partial charge in [0.25, 0.3) is 0 Å². The van der Waals surface area contributed by atoms with Crippen molar-refractivity contribution in [3.05, 3.63) is 114 Å². The van der Waals surface area contributed by atoms with Gasteiger partial charge in [0.2, 0.25) is 0 Å². The van der Waals surface area contributed by atoms with Crippen molar-refractivity contribution in [2.24, 2.45) is 0 Å². The Kier molecular flexibility index (Phi) is 21.1. The first kappa shape index (κ1) is 39.2. The fourth-order valence-electron chi connectivity index (χ4n) is 6.64. The molecule has 3 aromatic carbocycles. The van der Waals surface area contributed by atoms with Gasteiger partial charge in [-0.3, -0.25) is 14.6 Å². The average molecular weight is 653 g/mol. The summed E-state index contributed by atoms with van der Waals surface area (Å²) in [7, 11) is 0. The molecule has 0 saturated carbocycles. The summed E-state index contributed by atoms with van der Waals surface area (Å²) < 4.78 is 0. The molecule has 0 aromatic heterocycles. The van der Waals surface area contributed by atoms with Crippen molar-refractivity contribution in [2.75, 3.05) is 32.7 Å². The lowest BCUT2D eigenvalue weighted by Crippen LogP contribution is -2.47. The highest BCUT2D eigenvalue weighted by atomic mass is 16.4. The highest BCUT2D eigenvalue weighted by Crippen LogP contribution is 2.29. The Hall–Kier alpha value is -3.21. The van der Waals surface area contributed by atoms with E-state index in [2.05, 4.69) is 120 Å². The van der Waals surface area contributed by atoms with Crippen LogP contribution in [0.15, 0.2) is 97.1 Å². The molecule has 0 spiro atoms. The molecule has 4 nitrogen and oxygen atoms in total. The Labute approximate surface area is 293 Å². The molecule has 48 heavy (non-hydrogen) atoms. The number of nitrogens with zero attached hydrogens (tertiary/aromatic N) is 2. The molecule has 1 saturated heterocycles. The normalized spacial score (nSPS) is 13.9. The van der Waals surface area contributed by atoms with E-state index in [0.717, 1.165) is 45.6 Å². The molecule has 1 heterocycles. The van der Waals surface area contributed by atoms with Crippen LogP contribution >= 0.6 is 0 Å². The van der Waals surface area contributed by atoms with Crippen molar-refractivity contribution >= 4 is 12.0 Å². The summed E-state index contributed by atoms with van der Waals surface area (Å²) in [4.78, 5) is 15.5. The summed E-state index contributed by atoms with van der Waals surface area (Å²) >= 11 is 0. The molecule has 4 rings (SSSR count). The van der Waals surface area contributed by atoms with Crippen LogP contribution in [0.5, 0.6) is 0 Å². The largest absolute Gasteiger partial charge is 0.481 e. The first-order valence-electron chi connectivity index (χ1n) is 19.2. The van der Waals surface area contributed by atoms with Crippen molar-refractivity contribution in [3.63, 3.8) is 0 Å². The van der Waals surface area contributed by atoms with Crippen LogP contribution in [-0.2, 0) is 4.79 Å². The Morgan fingerprint density at radius 3 is 1.46 bits per heavy atom. The van der Waals surface area contributed by atoms with Crippen LogP contribution in [0.1, 0.15) is 132 Å². The van der Waals surface area contributed by atoms with E-state index in [4.69, 9.17) is 5.11 Å². The third kappa shape index (κ3) is 17.3. The second kappa shape index (κ2) is 25.8. The molecule has 1 N–H and O–H groups in total. The lowest BCUT2D eigenvalue weighted by molar-refractivity contribution is -0.137. The molecule has 1 fully saturated rings. The molecule has 1 aliphatic heterocycles. The third-order valence-electron chi connectivity index (χ3n) is 9.47. The second-order valence-corrected chi connectivity index (χ2v) is 13.5. The summed E-state index contributed by atoms with van der Waals surface area (Å²) in [6, 6.07) is 32.7. The average Bonchev–Trinajstić information content (AvgIpc) is 3.12. The van der Waals surface area contributed by atoms with Crippen molar-refractivity contribution in [3.8, 4) is 0 Å². The first-order chi connectivity index (χ1) is 23.7. The van der Waals surface area contributed by atoms with E-state index in [1.54, 1.807) is 0 Å². The van der Waals surface area contributed by atoms with Gasteiger partial charge in [0.15, 0.2) is 0 Å². The first-order valence-corrected chi connectivity index (χ1v) is 19.2. The number of aliphatic carboxylic acids is 1. The van der Waals surface area contributed by atoms with Crippen molar-refractivity contribution < 1.29 is 9.90 Å². The molecule has 3 aromatic rings. The number of rotatable bonds is 22. The van der Waals surface area contributed by atoms with Crippen molar-refractivity contribution in [1.82, 2.24) is 9.80 Å². The standard InChI is InChI=1S/C26H28N2.C18H36O2/c1-4-11-23(12-5-1)13-10-18-27-19-21-28(22-20-27)26(24-14-6-2-7-15-24)25-16-8-3-9-17-25;1-2-3-4-5-6-7-8-9-10-11-12-13-14-15-16-17-18(19)20/h1-17,26H,18-22H2;2-17H2,1H3,(H,19,20). The predicted octanol–water partition coefficient (Wildman–Crippen LogP) is 11.4. The molecular formula is C44H64N2O2. The summed E-state index contributed by atoms with van der Waals surface area (Å²) in [6.45, 7) is 7.68. The van der Waals surface area contributed by atoms with E-state index < -0.39 is 5.97 Å². The van der Waals surface area contributed by atoms with E-state index in [1.165, 1.54) is 100 Å². The Morgan fingerprint density at radius 1 is 0.604 bits per heavy atom. The fraction of sp³-hybridized carbons (Fsp3) is 0.523. The van der Waals surface area contributed by atoms with Crippen LogP contribution in [0.25, 0.3) is 6.08 Å². The minimum atomic E-state index is -0.653. The number of unbranched alkanes of at least 4 members (excludes halogenated alkanes) is 14. The fourth-order valence-corrected chi connectivity index (χ4v) is 6.64. The van der Waals surface area contributed by atoms with Gasteiger partial charge in [-0.15, -0.1) is 0 Å². The number of carboxylic acid groups (broad SMARTS) is 1. The molecule has 1 aliphatic rings. The molecule has 0 bridgehead atoms. The number of benzene rings is 3. The smallest absolute Gasteiger partial charge is 0.303 e. The van der Waals surface area contributed by atoms with Gasteiger partial charge in [-0.2, -0.15) is 0 Å². The van der Waals surface area contributed by atoms with Crippen molar-refractivity contribution in [1.29, 1.82) is 0 Å². The zero-order chi connectivity index (χ0) is 33.9. The van der Waals surface area contributed by atoms with E-state index >= 15 is 0 Å². The van der Waals surface area contributed by atoms with Crippen LogP contribution in [-0.4, -0.2) is 53.6 Å². The third-order valence-corrected chi connectivity index (χ3v) is 9.47. The SMILES string of the molecule is C(=Cc1ccccc1)CN1CCN(C(c2ccccc2)c2ccccc2)CC1.CCCCCCCCCCCCCCCCCC(=O)O. The van der Waals surface area contributed by atoms with Crippen LogP contribution in [0, 0.1) is 0 Å². The zero-order valence-electron chi connectivity index (χ0n) is 30.0. The topological polar surface area (TPSA) is 43.8 Å². The van der Waals surface area contributed by atoms with Crippen molar-refractivity contribution in [2.45, 2.75) is 116 Å². The van der Waals surface area contributed by atoms with E-state index in [9.17, 15) is 4.79 Å². The van der Waals surface area contributed by atoms with Gasteiger partial charge in [0.1, 0.15) is 0 Å². The Morgan fingerprint density at radius 2 is 1.02 bits per heavy atom. The molecular weight excluding hydrogens is 588 g/mol. The highest BCUT2D eigenvalue weighted by molar-refractivity contribution is 5.66. The quantitative estimate of drug-likeness (QED) is 0.110. The summed E-state index contributed by atoms with van der Waals surface area (Å²) in [5, 5.41) is 8.52. The molecule has 4 heteroatoms. The predicted molar refractivity (Wildman–Crippen MR) is 205 cm³/mol. The zero-order valence-corrected chi connectivity index (χ0v) is 30.0. The van der Waals surface area contributed by atoms with E-state index in [-0.39, 0.29) is 0 Å². The minimum absolute atomic E-state index is 0.337. The maximum Gasteiger partial charge on any atom is 0.303 e. The summed E-state index contributed by atoms with van der Waals surface area (Å²) in [5.74, 6) is -0.653. The molecule has 262 valence electrons. The number of carbonyl (C=O) groups is 1. The van der Waals surface area contributed by atoms with E-state index in [0.29, 0.717) is 12.5 Å². The summed E-state index contributed by atoms with van der Waals surface area (Å²) in [5.41, 5.74) is 4.03. The lowest BCUT2D eigenvalue weighted by atomic mass is 9.96. The van der Waals surface area contributed by atoms with Crippen LogP contribution in [0.4, 0.5) is 0 Å². The minimum Gasteiger partial charge on any atom is -0.481 e. The van der Waals surface area contributed by atoms with Gasteiger partial charge < -0.3 is 5.11 Å². The van der Waals surface area contributed by atoms with Gasteiger partial charge in [-0.25, -0.2) is 0 Å². The number of hydrogen-bond donors (Lipinski definition) is 1. The van der Waals surface area contributed by atoms with Gasteiger partial charge >= 0.3 is 5.97 Å². The van der Waals surface area contributed by atoms with Gasteiger partial charge in [-0.05, 0) is 23.1 Å². The Balaban J connectivity index is 0.000000279. The highest BCUT2D eigenvalue weighted by Gasteiger charge is 2.25. The maximum atomic E-state index is 10.3. The molecule has 0 atom stereocenters. The molecule has 0 unspecified atom stereocenters. The number of piperazine rings is 1. The van der Waals surface area contributed by atoms with Crippen LogP contribution in [0.3, 0.4) is 0 Å². The lowest BCUT2D eigenvalue weighted by Gasteiger charge is -2.39. The molecule has 0 radical (unpaired) electrons. The number of hydrogen-bond acceptors (Lipinski definition) is 3. The van der Waals surface area contributed by atoms with E-state index in [1.807, 2.05) is 0 Å². The monoisotopic (exact) mass is 652 g/mol. The molecule has 0 aliphatic carbocycles. The van der Waals surface area contributed by atoms with Gasteiger partial charge in [-0.1, -0.05) is 200 Å². The molecule has 0 amide bonds. The summed E-state index contributed by atoms with van der Waals surface area (Å²) in [6.07, 6.45) is 24.7. The Bertz CT molecular complexity index is 1170. The second-order valence-electron chi connectivity index (χ2n) is 13.5. The van der Waals surface area contributed by atoms with Crippen LogP contribution in [0.2, 0.25) is 0 Å².